The quantitative estimate of drug-likeness (QED) is 0.858. The molecule has 19 heavy (non-hydrogen) atoms. The minimum atomic E-state index is -0.456. The molecule has 1 aromatic heterocycles. The van der Waals surface area contributed by atoms with Crippen LogP contribution in [0.15, 0.2) is 36.4 Å². The van der Waals surface area contributed by atoms with Gasteiger partial charge < -0.3 is 5.11 Å². The molecule has 1 heterocycles. The van der Waals surface area contributed by atoms with E-state index in [9.17, 15) is 5.11 Å². The van der Waals surface area contributed by atoms with Crippen molar-refractivity contribution in [2.45, 2.75) is 44.6 Å². The van der Waals surface area contributed by atoms with Crippen molar-refractivity contribution in [2.24, 2.45) is 0 Å². The van der Waals surface area contributed by atoms with Crippen LogP contribution in [0, 0.1) is 0 Å². The highest BCUT2D eigenvalue weighted by atomic mass is 32.1. The van der Waals surface area contributed by atoms with Gasteiger partial charge in [0.05, 0.1) is 0 Å². The smallest absolute Gasteiger partial charge is 0.113 e. The second kappa shape index (κ2) is 5.48. The maximum absolute atomic E-state index is 10.7. The largest absolute Gasteiger partial charge is 0.383 e. The number of hydrogen-bond donors (Lipinski definition) is 1. The Balaban J connectivity index is 1.92. The Kier molecular flexibility index (Phi) is 3.72. The average molecular weight is 272 g/mol. The first-order valence-electron chi connectivity index (χ1n) is 7.15. The molecule has 0 radical (unpaired) electrons. The van der Waals surface area contributed by atoms with E-state index >= 15 is 0 Å². The highest BCUT2D eigenvalue weighted by Gasteiger charge is 2.25. The van der Waals surface area contributed by atoms with Gasteiger partial charge in [0.15, 0.2) is 0 Å². The van der Waals surface area contributed by atoms with E-state index in [1.165, 1.54) is 29.7 Å². The van der Waals surface area contributed by atoms with Crippen molar-refractivity contribution < 1.29 is 5.11 Å². The molecule has 0 spiro atoms. The Morgan fingerprint density at radius 3 is 2.63 bits per heavy atom. The molecular weight excluding hydrogens is 252 g/mol. The van der Waals surface area contributed by atoms with E-state index in [1.54, 1.807) is 11.3 Å². The monoisotopic (exact) mass is 272 g/mol. The Morgan fingerprint density at radius 2 is 2.00 bits per heavy atom. The number of benzene rings is 1. The summed E-state index contributed by atoms with van der Waals surface area (Å²) in [7, 11) is 0. The van der Waals surface area contributed by atoms with Gasteiger partial charge in [-0.1, -0.05) is 37.6 Å². The number of aryl methyl sites for hydroxylation is 1. The molecule has 1 atom stereocenters. The van der Waals surface area contributed by atoms with Crippen molar-refractivity contribution in [3.8, 4) is 0 Å². The van der Waals surface area contributed by atoms with Crippen LogP contribution in [0.3, 0.4) is 0 Å². The third-order valence-corrected chi connectivity index (χ3v) is 5.42. The fourth-order valence-corrected chi connectivity index (χ4v) is 3.69. The fraction of sp³-hybridized carbons (Fsp3) is 0.412. The standard InChI is InChI=1S/C17H20OS/c1-2-13-10-11-16(19-13)17(18)15-9-4-3-8-14(15)12-6-5-7-12/h3-4,8-12,17-18H,2,5-7H2,1H3. The molecule has 0 saturated heterocycles. The molecule has 1 aliphatic rings. The summed E-state index contributed by atoms with van der Waals surface area (Å²) in [5.74, 6) is 0.663. The first kappa shape index (κ1) is 12.9. The normalized spacial score (nSPS) is 17.2. The van der Waals surface area contributed by atoms with Crippen LogP contribution in [0.5, 0.6) is 0 Å². The number of hydrogen-bond acceptors (Lipinski definition) is 2. The Hall–Kier alpha value is -1.12. The van der Waals surface area contributed by atoms with Gasteiger partial charge in [-0.3, -0.25) is 0 Å². The van der Waals surface area contributed by atoms with E-state index in [-0.39, 0.29) is 0 Å². The van der Waals surface area contributed by atoms with Crippen LogP contribution in [0.1, 0.15) is 59.1 Å². The number of aliphatic hydroxyl groups is 1. The summed E-state index contributed by atoms with van der Waals surface area (Å²) < 4.78 is 0. The van der Waals surface area contributed by atoms with Crippen LogP contribution >= 0.6 is 11.3 Å². The second-order valence-electron chi connectivity index (χ2n) is 5.32. The Labute approximate surface area is 118 Å². The molecule has 1 unspecified atom stereocenters. The molecule has 3 rings (SSSR count). The van der Waals surface area contributed by atoms with E-state index < -0.39 is 6.10 Å². The summed E-state index contributed by atoms with van der Waals surface area (Å²) in [6, 6.07) is 12.6. The minimum Gasteiger partial charge on any atom is -0.383 e. The summed E-state index contributed by atoms with van der Waals surface area (Å²) in [5.41, 5.74) is 2.46. The van der Waals surface area contributed by atoms with Gasteiger partial charge in [-0.05, 0) is 48.4 Å². The molecule has 0 amide bonds. The van der Waals surface area contributed by atoms with Gasteiger partial charge in [0.2, 0.25) is 0 Å². The first-order chi connectivity index (χ1) is 9.29. The third kappa shape index (κ3) is 2.47. The Morgan fingerprint density at radius 1 is 1.21 bits per heavy atom. The summed E-state index contributed by atoms with van der Waals surface area (Å²) >= 11 is 1.73. The molecule has 2 aromatic rings. The van der Waals surface area contributed by atoms with Crippen molar-refractivity contribution >= 4 is 11.3 Å². The van der Waals surface area contributed by atoms with Crippen molar-refractivity contribution in [1.82, 2.24) is 0 Å². The minimum absolute atomic E-state index is 0.456. The SMILES string of the molecule is CCc1ccc(C(O)c2ccccc2C2CCC2)s1. The van der Waals surface area contributed by atoms with Gasteiger partial charge in [0, 0.05) is 9.75 Å². The van der Waals surface area contributed by atoms with Gasteiger partial charge >= 0.3 is 0 Å². The summed E-state index contributed by atoms with van der Waals surface area (Å²) in [4.78, 5) is 2.42. The summed E-state index contributed by atoms with van der Waals surface area (Å²) in [5, 5.41) is 10.7. The molecule has 1 aliphatic carbocycles. The topological polar surface area (TPSA) is 20.2 Å². The van der Waals surface area contributed by atoms with Crippen molar-refractivity contribution in [1.29, 1.82) is 0 Å². The second-order valence-corrected chi connectivity index (χ2v) is 6.52. The maximum atomic E-state index is 10.7. The zero-order chi connectivity index (χ0) is 13.2. The van der Waals surface area contributed by atoms with E-state index in [0.29, 0.717) is 5.92 Å². The molecule has 1 saturated carbocycles. The molecule has 0 aliphatic heterocycles. The number of rotatable bonds is 4. The molecule has 1 aromatic carbocycles. The van der Waals surface area contributed by atoms with Gasteiger partial charge in [-0.15, -0.1) is 11.3 Å². The van der Waals surface area contributed by atoms with Crippen LogP contribution in [0.25, 0.3) is 0 Å². The van der Waals surface area contributed by atoms with E-state index in [1.807, 2.05) is 6.07 Å². The lowest BCUT2D eigenvalue weighted by Crippen LogP contribution is -2.13. The number of aliphatic hydroxyl groups excluding tert-OH is 1. The van der Waals surface area contributed by atoms with E-state index in [0.717, 1.165) is 16.9 Å². The van der Waals surface area contributed by atoms with Crippen molar-refractivity contribution in [2.75, 3.05) is 0 Å². The van der Waals surface area contributed by atoms with Crippen molar-refractivity contribution in [3.05, 3.63) is 57.3 Å². The van der Waals surface area contributed by atoms with Crippen LogP contribution in [0.4, 0.5) is 0 Å². The predicted octanol–water partition coefficient (Wildman–Crippen LogP) is 4.66. The lowest BCUT2D eigenvalue weighted by Gasteiger charge is -2.29. The van der Waals surface area contributed by atoms with Crippen LogP contribution in [-0.4, -0.2) is 5.11 Å². The zero-order valence-corrected chi connectivity index (χ0v) is 12.1. The van der Waals surface area contributed by atoms with E-state index in [4.69, 9.17) is 0 Å². The zero-order valence-electron chi connectivity index (χ0n) is 11.3. The van der Waals surface area contributed by atoms with Gasteiger partial charge in [0.25, 0.3) is 0 Å². The molecule has 2 heteroatoms. The molecule has 0 bridgehead atoms. The summed E-state index contributed by atoms with van der Waals surface area (Å²) in [6.45, 7) is 2.16. The van der Waals surface area contributed by atoms with Gasteiger partial charge in [-0.2, -0.15) is 0 Å². The molecule has 1 N–H and O–H groups in total. The van der Waals surface area contributed by atoms with Crippen LogP contribution in [0.2, 0.25) is 0 Å². The van der Waals surface area contributed by atoms with Gasteiger partial charge in [-0.25, -0.2) is 0 Å². The highest BCUT2D eigenvalue weighted by molar-refractivity contribution is 7.12. The predicted molar refractivity (Wildman–Crippen MR) is 80.8 cm³/mol. The molecule has 1 nitrogen and oxygen atoms in total. The van der Waals surface area contributed by atoms with E-state index in [2.05, 4.69) is 37.3 Å². The average Bonchev–Trinajstić information content (AvgIpc) is 2.85. The molecule has 1 fully saturated rings. The molecular formula is C17H20OS. The van der Waals surface area contributed by atoms with Crippen molar-refractivity contribution in [3.63, 3.8) is 0 Å². The number of thiophene rings is 1. The van der Waals surface area contributed by atoms with Gasteiger partial charge in [0.1, 0.15) is 6.10 Å². The third-order valence-electron chi connectivity index (χ3n) is 4.14. The highest BCUT2D eigenvalue weighted by Crippen LogP contribution is 2.41. The lowest BCUT2D eigenvalue weighted by molar-refractivity contribution is 0.221. The Bertz CT molecular complexity index is 554. The maximum Gasteiger partial charge on any atom is 0.113 e. The lowest BCUT2D eigenvalue weighted by atomic mass is 9.77. The molecule has 100 valence electrons. The fourth-order valence-electron chi connectivity index (χ4n) is 2.74. The first-order valence-corrected chi connectivity index (χ1v) is 7.96. The van der Waals surface area contributed by atoms with Crippen LogP contribution < -0.4 is 0 Å². The van der Waals surface area contributed by atoms with Crippen LogP contribution in [-0.2, 0) is 6.42 Å². The summed E-state index contributed by atoms with van der Waals surface area (Å²) in [6.07, 6.45) is 4.46.